The highest BCUT2D eigenvalue weighted by Crippen LogP contribution is 2.25. The quantitative estimate of drug-likeness (QED) is 0.865. The number of anilines is 1. The first kappa shape index (κ1) is 9.82. The summed E-state index contributed by atoms with van der Waals surface area (Å²) in [6, 6.07) is 3.61. The number of ketones is 1. The van der Waals surface area contributed by atoms with Crippen LogP contribution in [0.25, 0.3) is 0 Å². The van der Waals surface area contributed by atoms with Gasteiger partial charge < -0.3 is 5.73 Å². The Hall–Kier alpha value is -0.720. The largest absolute Gasteiger partial charge is 0.375 e. The number of aromatic nitrogens is 1. The molecule has 0 spiro atoms. The summed E-state index contributed by atoms with van der Waals surface area (Å²) in [5.41, 5.74) is 5.87. The molecule has 72 valence electrons. The molecule has 2 aromatic rings. The van der Waals surface area contributed by atoms with Gasteiger partial charge in [0.15, 0.2) is 5.13 Å². The average molecular weight is 289 g/mol. The molecular formula is C8H5BrN2OS2. The lowest BCUT2D eigenvalue weighted by molar-refractivity contribution is 0.103. The van der Waals surface area contributed by atoms with Gasteiger partial charge in [0.1, 0.15) is 5.69 Å². The lowest BCUT2D eigenvalue weighted by atomic mass is 10.3. The topological polar surface area (TPSA) is 56.0 Å². The summed E-state index contributed by atoms with van der Waals surface area (Å²) >= 11 is 5.97. The zero-order valence-electron chi connectivity index (χ0n) is 6.86. The molecular weight excluding hydrogens is 284 g/mol. The Morgan fingerprint density at radius 1 is 1.50 bits per heavy atom. The van der Waals surface area contributed by atoms with Gasteiger partial charge in [0.25, 0.3) is 0 Å². The van der Waals surface area contributed by atoms with Gasteiger partial charge in [0.2, 0.25) is 5.78 Å². The number of hydrogen-bond donors (Lipinski definition) is 1. The molecule has 0 aliphatic carbocycles. The molecule has 0 saturated heterocycles. The predicted octanol–water partition coefficient (Wildman–Crippen LogP) is 2.78. The molecule has 0 fully saturated rings. The second kappa shape index (κ2) is 3.80. The van der Waals surface area contributed by atoms with Crippen LogP contribution in [0.4, 0.5) is 5.13 Å². The van der Waals surface area contributed by atoms with Gasteiger partial charge in [-0.2, -0.15) is 0 Å². The third-order valence-corrected chi connectivity index (χ3v) is 3.85. The highest BCUT2D eigenvalue weighted by Gasteiger charge is 2.14. The molecule has 0 aromatic carbocycles. The molecule has 0 aliphatic heterocycles. The number of thiophene rings is 1. The fraction of sp³-hybridized carbons (Fsp3) is 0. The normalized spacial score (nSPS) is 10.4. The first-order valence-electron chi connectivity index (χ1n) is 3.68. The zero-order valence-corrected chi connectivity index (χ0v) is 10.1. The van der Waals surface area contributed by atoms with Gasteiger partial charge in [-0.25, -0.2) is 4.98 Å². The van der Waals surface area contributed by atoms with Gasteiger partial charge in [-0.3, -0.25) is 4.79 Å². The van der Waals surface area contributed by atoms with Crippen molar-refractivity contribution in [2.24, 2.45) is 0 Å². The van der Waals surface area contributed by atoms with E-state index in [4.69, 9.17) is 5.73 Å². The number of rotatable bonds is 2. The van der Waals surface area contributed by atoms with Crippen LogP contribution >= 0.6 is 38.6 Å². The van der Waals surface area contributed by atoms with Crippen molar-refractivity contribution in [1.82, 2.24) is 4.98 Å². The Bertz CT molecular complexity index is 435. The minimum absolute atomic E-state index is 0.0753. The summed E-state index contributed by atoms with van der Waals surface area (Å²) in [5, 5.41) is 2.09. The van der Waals surface area contributed by atoms with E-state index in [1.807, 2.05) is 6.07 Å². The van der Waals surface area contributed by atoms with E-state index in [2.05, 4.69) is 20.9 Å². The summed E-state index contributed by atoms with van der Waals surface area (Å²) in [6.07, 6.45) is 0. The number of nitrogen functional groups attached to an aromatic ring is 1. The van der Waals surface area contributed by atoms with E-state index in [1.165, 1.54) is 22.7 Å². The lowest BCUT2D eigenvalue weighted by Gasteiger charge is -1.89. The highest BCUT2D eigenvalue weighted by molar-refractivity contribution is 9.11. The van der Waals surface area contributed by atoms with Crippen LogP contribution < -0.4 is 5.73 Å². The van der Waals surface area contributed by atoms with Crippen molar-refractivity contribution in [1.29, 1.82) is 0 Å². The summed E-state index contributed by atoms with van der Waals surface area (Å²) < 4.78 is 0.934. The van der Waals surface area contributed by atoms with Crippen molar-refractivity contribution < 1.29 is 4.79 Å². The van der Waals surface area contributed by atoms with Crippen molar-refractivity contribution in [2.45, 2.75) is 0 Å². The second-order valence-electron chi connectivity index (χ2n) is 2.50. The summed E-state index contributed by atoms with van der Waals surface area (Å²) in [6.45, 7) is 0. The van der Waals surface area contributed by atoms with Crippen molar-refractivity contribution in [2.75, 3.05) is 5.73 Å². The van der Waals surface area contributed by atoms with Crippen LogP contribution in [0.1, 0.15) is 15.4 Å². The predicted molar refractivity (Wildman–Crippen MR) is 62.0 cm³/mol. The second-order valence-corrected chi connectivity index (χ2v) is 5.86. The molecule has 0 aliphatic rings. The Kier molecular flexibility index (Phi) is 2.66. The molecule has 0 radical (unpaired) electrons. The summed E-state index contributed by atoms with van der Waals surface area (Å²) in [4.78, 5) is 16.4. The Balaban J connectivity index is 2.33. The molecule has 2 N–H and O–H groups in total. The van der Waals surface area contributed by atoms with Crippen LogP contribution in [-0.4, -0.2) is 10.8 Å². The van der Waals surface area contributed by atoms with Crippen LogP contribution in [0.15, 0.2) is 21.3 Å². The minimum atomic E-state index is -0.0753. The number of carbonyl (C=O) groups is 1. The van der Waals surface area contributed by atoms with E-state index in [0.29, 0.717) is 15.7 Å². The number of hydrogen-bond acceptors (Lipinski definition) is 5. The molecule has 0 atom stereocenters. The maximum Gasteiger partial charge on any atom is 0.222 e. The molecule has 0 bridgehead atoms. The van der Waals surface area contributed by atoms with Crippen molar-refractivity contribution >= 4 is 49.5 Å². The van der Waals surface area contributed by atoms with Gasteiger partial charge in [0, 0.05) is 5.38 Å². The van der Waals surface area contributed by atoms with E-state index in [9.17, 15) is 4.79 Å². The molecule has 2 aromatic heterocycles. The summed E-state index contributed by atoms with van der Waals surface area (Å²) in [5.74, 6) is -0.0753. The molecule has 14 heavy (non-hydrogen) atoms. The van der Waals surface area contributed by atoms with E-state index < -0.39 is 0 Å². The first-order chi connectivity index (χ1) is 6.66. The Morgan fingerprint density at radius 2 is 2.29 bits per heavy atom. The van der Waals surface area contributed by atoms with Gasteiger partial charge in [-0.15, -0.1) is 22.7 Å². The van der Waals surface area contributed by atoms with E-state index in [0.717, 1.165) is 3.79 Å². The third-order valence-electron chi connectivity index (χ3n) is 1.55. The fourth-order valence-electron chi connectivity index (χ4n) is 0.954. The van der Waals surface area contributed by atoms with Crippen LogP contribution in [0.5, 0.6) is 0 Å². The average Bonchev–Trinajstić information content (AvgIpc) is 2.73. The van der Waals surface area contributed by atoms with Gasteiger partial charge in [-0.05, 0) is 28.1 Å². The minimum Gasteiger partial charge on any atom is -0.375 e. The monoisotopic (exact) mass is 288 g/mol. The Labute approximate surface area is 96.7 Å². The van der Waals surface area contributed by atoms with Crippen LogP contribution in [0.3, 0.4) is 0 Å². The van der Waals surface area contributed by atoms with Crippen LogP contribution in [0, 0.1) is 0 Å². The molecule has 0 amide bonds. The number of nitrogens with zero attached hydrogens (tertiary/aromatic N) is 1. The molecule has 0 saturated carbocycles. The molecule has 2 rings (SSSR count). The zero-order chi connectivity index (χ0) is 10.1. The fourth-order valence-corrected chi connectivity index (χ4v) is 2.83. The molecule has 2 heterocycles. The van der Waals surface area contributed by atoms with E-state index >= 15 is 0 Å². The van der Waals surface area contributed by atoms with Crippen LogP contribution in [-0.2, 0) is 0 Å². The van der Waals surface area contributed by atoms with Gasteiger partial charge in [0.05, 0.1) is 8.66 Å². The maximum atomic E-state index is 11.8. The van der Waals surface area contributed by atoms with E-state index in [1.54, 1.807) is 11.4 Å². The Morgan fingerprint density at radius 3 is 2.79 bits per heavy atom. The van der Waals surface area contributed by atoms with Crippen molar-refractivity contribution in [3.8, 4) is 0 Å². The highest BCUT2D eigenvalue weighted by atomic mass is 79.9. The standard InChI is InChI=1S/C8H5BrN2OS2/c9-6-2-1-5(14-6)7(12)4-3-13-8(10)11-4/h1-3H,(H2,10,11). The van der Waals surface area contributed by atoms with Crippen molar-refractivity contribution in [3.63, 3.8) is 0 Å². The van der Waals surface area contributed by atoms with Gasteiger partial charge in [-0.1, -0.05) is 0 Å². The molecule has 3 nitrogen and oxygen atoms in total. The third kappa shape index (κ3) is 1.87. The number of thiazole rings is 1. The van der Waals surface area contributed by atoms with Crippen molar-refractivity contribution in [3.05, 3.63) is 31.9 Å². The lowest BCUT2D eigenvalue weighted by Crippen LogP contribution is -1.99. The first-order valence-corrected chi connectivity index (χ1v) is 6.17. The van der Waals surface area contributed by atoms with Gasteiger partial charge >= 0.3 is 0 Å². The van der Waals surface area contributed by atoms with E-state index in [-0.39, 0.29) is 5.78 Å². The number of halogens is 1. The van der Waals surface area contributed by atoms with Crippen LogP contribution in [0.2, 0.25) is 0 Å². The maximum absolute atomic E-state index is 11.8. The smallest absolute Gasteiger partial charge is 0.222 e. The molecule has 0 unspecified atom stereocenters. The SMILES string of the molecule is Nc1nc(C(=O)c2ccc(Br)s2)cs1. The number of carbonyl (C=O) groups excluding carboxylic acids is 1. The molecule has 6 heteroatoms. The number of nitrogens with two attached hydrogens (primary N) is 1. The summed E-state index contributed by atoms with van der Waals surface area (Å²) in [7, 11) is 0.